The maximum Gasteiger partial charge on any atom is 0.387 e. The van der Waals surface area contributed by atoms with E-state index in [4.69, 9.17) is 4.74 Å². The lowest BCUT2D eigenvalue weighted by molar-refractivity contribution is -0.0520. The molecule has 0 unspecified atom stereocenters. The van der Waals surface area contributed by atoms with Gasteiger partial charge < -0.3 is 20.1 Å². The van der Waals surface area contributed by atoms with E-state index < -0.39 is 16.6 Å². The fourth-order valence-corrected chi connectivity index (χ4v) is 3.54. The van der Waals surface area contributed by atoms with Crippen LogP contribution in [0.4, 0.5) is 8.78 Å². The molecule has 8 nitrogen and oxygen atoms in total. The van der Waals surface area contributed by atoms with Crippen LogP contribution in [-0.2, 0) is 16.6 Å². The number of ether oxygens (including phenoxy) is 2. The summed E-state index contributed by atoms with van der Waals surface area (Å²) in [4.78, 5) is 4.08. The highest BCUT2D eigenvalue weighted by Crippen LogP contribution is 2.32. The van der Waals surface area contributed by atoms with Crippen molar-refractivity contribution in [1.82, 2.24) is 14.9 Å². The molecule has 2 N–H and O–H groups in total. The molecule has 0 radical (unpaired) electrons. The van der Waals surface area contributed by atoms with Crippen LogP contribution >= 0.6 is 0 Å². The fraction of sp³-hybridized carbons (Fsp3) is 0.611. The average molecular weight is 437 g/mol. The van der Waals surface area contributed by atoms with Gasteiger partial charge in [-0.2, -0.15) is 8.78 Å². The number of benzene rings is 1. The van der Waals surface area contributed by atoms with Gasteiger partial charge in [0.05, 0.1) is 12.9 Å². The van der Waals surface area contributed by atoms with Crippen LogP contribution in [0.2, 0.25) is 0 Å². The molecule has 0 amide bonds. The number of sulfonamides is 1. The third kappa shape index (κ3) is 8.82. The Kier molecular flexibility index (Phi) is 10.7. The summed E-state index contributed by atoms with van der Waals surface area (Å²) in [5, 5.41) is 6.10. The van der Waals surface area contributed by atoms with E-state index in [1.54, 1.807) is 39.1 Å². The van der Waals surface area contributed by atoms with Crippen molar-refractivity contribution in [1.29, 1.82) is 0 Å². The first kappa shape index (κ1) is 24.9. The molecule has 0 aliphatic rings. The molecule has 0 aliphatic heterocycles. The fourth-order valence-electron chi connectivity index (χ4n) is 2.61. The molecule has 11 heteroatoms. The Morgan fingerprint density at radius 1 is 1.28 bits per heavy atom. The van der Waals surface area contributed by atoms with Gasteiger partial charge in [-0.25, -0.2) is 12.7 Å². The largest absolute Gasteiger partial charge is 0.490 e. The molecule has 1 aromatic carbocycles. The standard InChI is InChI=1S/C18H30F2N4O4S/c1-5-24(29(4,25)26)12-8-11-22-18(21-3)23-13-14-9-7-10-15(27-6-2)16(14)28-17(19)20/h7,9-10,17H,5-6,8,11-13H2,1-4H3,(H2,21,22,23). The SMILES string of the molecule is CCOc1cccc(CNC(=NC)NCCCN(CC)S(C)(=O)=O)c1OC(F)F. The van der Waals surface area contributed by atoms with E-state index in [0.717, 1.165) is 0 Å². The first-order valence-electron chi connectivity index (χ1n) is 9.32. The van der Waals surface area contributed by atoms with Gasteiger partial charge >= 0.3 is 6.61 Å². The van der Waals surface area contributed by atoms with Crippen molar-refractivity contribution in [3.05, 3.63) is 23.8 Å². The summed E-state index contributed by atoms with van der Waals surface area (Å²) in [5.41, 5.74) is 0.494. The van der Waals surface area contributed by atoms with Crippen molar-refractivity contribution in [3.63, 3.8) is 0 Å². The number of alkyl halides is 2. The highest BCUT2D eigenvalue weighted by molar-refractivity contribution is 7.88. The van der Waals surface area contributed by atoms with Gasteiger partial charge in [0.15, 0.2) is 17.5 Å². The van der Waals surface area contributed by atoms with E-state index in [1.165, 1.54) is 10.6 Å². The van der Waals surface area contributed by atoms with Gasteiger partial charge in [0, 0.05) is 38.8 Å². The number of rotatable bonds is 12. The molecule has 0 aliphatic carbocycles. The Balaban J connectivity index is 2.65. The molecule has 166 valence electrons. The third-order valence-corrected chi connectivity index (χ3v) is 5.31. The van der Waals surface area contributed by atoms with Crippen molar-refractivity contribution >= 4 is 16.0 Å². The molecule has 0 fully saturated rings. The summed E-state index contributed by atoms with van der Waals surface area (Å²) in [5.74, 6) is 0.687. The van der Waals surface area contributed by atoms with E-state index >= 15 is 0 Å². The number of hydrogen-bond donors (Lipinski definition) is 2. The first-order chi connectivity index (χ1) is 13.7. The summed E-state index contributed by atoms with van der Waals surface area (Å²) in [7, 11) is -1.64. The minimum Gasteiger partial charge on any atom is -0.490 e. The minimum atomic E-state index is -3.22. The van der Waals surface area contributed by atoms with E-state index in [1.807, 2.05) is 0 Å². The Morgan fingerprint density at radius 2 is 2.00 bits per heavy atom. The maximum absolute atomic E-state index is 12.8. The topological polar surface area (TPSA) is 92.3 Å². The van der Waals surface area contributed by atoms with Gasteiger partial charge in [0.25, 0.3) is 0 Å². The molecular formula is C18H30F2N4O4S. The summed E-state index contributed by atoms with van der Waals surface area (Å²) < 4.78 is 60.1. The molecular weight excluding hydrogens is 406 g/mol. The molecule has 0 saturated heterocycles. The quantitative estimate of drug-likeness (QED) is 0.296. The van der Waals surface area contributed by atoms with Crippen molar-refractivity contribution in [2.75, 3.05) is 39.5 Å². The van der Waals surface area contributed by atoms with Crippen molar-refractivity contribution in [3.8, 4) is 11.5 Å². The average Bonchev–Trinajstić information content (AvgIpc) is 2.65. The smallest absolute Gasteiger partial charge is 0.387 e. The predicted molar refractivity (Wildman–Crippen MR) is 109 cm³/mol. The van der Waals surface area contributed by atoms with Crippen LogP contribution in [0.5, 0.6) is 11.5 Å². The van der Waals surface area contributed by atoms with Gasteiger partial charge in [-0.3, -0.25) is 4.99 Å². The Bertz CT molecular complexity index is 760. The summed E-state index contributed by atoms with van der Waals surface area (Å²) in [6.45, 7) is 2.37. The van der Waals surface area contributed by atoms with Crippen molar-refractivity contribution < 1.29 is 26.7 Å². The number of aliphatic imine (C=N–C) groups is 1. The number of nitrogens with one attached hydrogen (secondary N) is 2. The van der Waals surface area contributed by atoms with Gasteiger partial charge in [-0.1, -0.05) is 19.1 Å². The Hall–Kier alpha value is -2.14. The Morgan fingerprint density at radius 3 is 2.55 bits per heavy atom. The zero-order chi connectivity index (χ0) is 21.9. The van der Waals surface area contributed by atoms with Crippen LogP contribution in [0.3, 0.4) is 0 Å². The van der Waals surface area contributed by atoms with Crippen LogP contribution in [0.1, 0.15) is 25.8 Å². The molecule has 0 heterocycles. The van der Waals surface area contributed by atoms with Gasteiger partial charge in [0.1, 0.15) is 0 Å². The lowest BCUT2D eigenvalue weighted by atomic mass is 10.2. The van der Waals surface area contributed by atoms with Gasteiger partial charge in [-0.15, -0.1) is 0 Å². The molecule has 0 saturated carbocycles. The number of halogens is 2. The lowest BCUT2D eigenvalue weighted by Crippen LogP contribution is -2.39. The summed E-state index contributed by atoms with van der Waals surface area (Å²) in [6, 6.07) is 4.92. The summed E-state index contributed by atoms with van der Waals surface area (Å²) >= 11 is 0. The lowest BCUT2D eigenvalue weighted by Gasteiger charge is -2.19. The second-order valence-electron chi connectivity index (χ2n) is 6.02. The second-order valence-corrected chi connectivity index (χ2v) is 8.00. The normalized spacial score (nSPS) is 12.3. The van der Waals surface area contributed by atoms with Crippen LogP contribution in [0, 0.1) is 0 Å². The number of hydrogen-bond acceptors (Lipinski definition) is 5. The number of para-hydroxylation sites is 1. The third-order valence-electron chi connectivity index (χ3n) is 3.94. The monoisotopic (exact) mass is 436 g/mol. The molecule has 1 aromatic rings. The van der Waals surface area contributed by atoms with Crippen LogP contribution in [-0.4, -0.2) is 64.8 Å². The van der Waals surface area contributed by atoms with Crippen LogP contribution in [0.25, 0.3) is 0 Å². The van der Waals surface area contributed by atoms with E-state index in [0.29, 0.717) is 44.2 Å². The van der Waals surface area contributed by atoms with Crippen LogP contribution in [0.15, 0.2) is 23.2 Å². The first-order valence-corrected chi connectivity index (χ1v) is 11.2. The molecule has 0 aromatic heterocycles. The van der Waals surface area contributed by atoms with Crippen molar-refractivity contribution in [2.45, 2.75) is 33.4 Å². The Labute approximate surface area is 171 Å². The van der Waals surface area contributed by atoms with Crippen molar-refractivity contribution in [2.24, 2.45) is 4.99 Å². The zero-order valence-electron chi connectivity index (χ0n) is 17.2. The highest BCUT2D eigenvalue weighted by atomic mass is 32.2. The van der Waals surface area contributed by atoms with E-state index in [2.05, 4.69) is 20.4 Å². The molecule has 0 bridgehead atoms. The summed E-state index contributed by atoms with van der Waals surface area (Å²) in [6.07, 6.45) is 1.76. The zero-order valence-corrected chi connectivity index (χ0v) is 18.1. The molecule has 1 rings (SSSR count). The van der Waals surface area contributed by atoms with E-state index in [9.17, 15) is 17.2 Å². The minimum absolute atomic E-state index is 0.0148. The van der Waals surface area contributed by atoms with E-state index in [-0.39, 0.29) is 18.0 Å². The molecule has 0 spiro atoms. The molecule has 0 atom stereocenters. The van der Waals surface area contributed by atoms with Gasteiger partial charge in [0.2, 0.25) is 10.0 Å². The highest BCUT2D eigenvalue weighted by Gasteiger charge is 2.16. The van der Waals surface area contributed by atoms with Crippen LogP contribution < -0.4 is 20.1 Å². The molecule has 29 heavy (non-hydrogen) atoms. The van der Waals surface area contributed by atoms with Gasteiger partial charge in [-0.05, 0) is 19.4 Å². The number of guanidine groups is 1. The number of nitrogens with zero attached hydrogens (tertiary/aromatic N) is 2. The second kappa shape index (κ2) is 12.4. The maximum atomic E-state index is 12.8. The predicted octanol–water partition coefficient (Wildman–Crippen LogP) is 2.02.